The second kappa shape index (κ2) is 8.27. The van der Waals surface area contributed by atoms with Gasteiger partial charge in [0, 0.05) is 25.7 Å². The Morgan fingerprint density at radius 2 is 1.75 bits per heavy atom. The van der Waals surface area contributed by atoms with Crippen molar-refractivity contribution in [2.24, 2.45) is 0 Å². The molecule has 3 N–H and O–H groups in total. The van der Waals surface area contributed by atoms with Crippen molar-refractivity contribution in [3.63, 3.8) is 0 Å². The Kier molecular flexibility index (Phi) is 6.36. The van der Waals surface area contributed by atoms with Crippen LogP contribution in [0.4, 0.5) is 11.6 Å². The van der Waals surface area contributed by atoms with E-state index in [4.69, 9.17) is 11.6 Å². The Morgan fingerprint density at radius 1 is 1.08 bits per heavy atom. The molecule has 0 spiro atoms. The van der Waals surface area contributed by atoms with E-state index in [0.29, 0.717) is 18.2 Å². The lowest BCUT2D eigenvalue weighted by atomic mass is 10.4. The topological polar surface area (TPSA) is 96.0 Å². The van der Waals surface area contributed by atoms with Gasteiger partial charge in [-0.2, -0.15) is 0 Å². The third-order valence-electron chi connectivity index (χ3n) is 3.05. The minimum absolute atomic E-state index is 0.0685. The number of aryl methyl sites for hydroxylation is 1. The summed E-state index contributed by atoms with van der Waals surface area (Å²) in [5.41, 5.74) is 0. The van der Waals surface area contributed by atoms with Gasteiger partial charge in [0.1, 0.15) is 22.4 Å². The van der Waals surface area contributed by atoms with Gasteiger partial charge >= 0.3 is 0 Å². The molecule has 0 saturated carbocycles. The molecule has 1 aromatic carbocycles. The SMILES string of the molecule is CCNc1cc(NCCNS(=O)(=O)c2ccccc2Cl)nc(C)n1. The molecule has 0 bridgehead atoms. The highest BCUT2D eigenvalue weighted by molar-refractivity contribution is 7.89. The first-order chi connectivity index (χ1) is 11.4. The van der Waals surface area contributed by atoms with Crippen LogP contribution in [0.3, 0.4) is 0 Å². The Bertz CT molecular complexity index is 798. The van der Waals surface area contributed by atoms with Crippen molar-refractivity contribution < 1.29 is 8.42 Å². The van der Waals surface area contributed by atoms with E-state index in [0.717, 1.165) is 12.4 Å². The molecule has 0 amide bonds. The first-order valence-electron chi connectivity index (χ1n) is 7.50. The normalized spacial score (nSPS) is 11.3. The summed E-state index contributed by atoms with van der Waals surface area (Å²) >= 11 is 5.92. The second-order valence-corrected chi connectivity index (χ2v) is 7.11. The maximum absolute atomic E-state index is 12.2. The van der Waals surface area contributed by atoms with Crippen LogP contribution in [0.5, 0.6) is 0 Å². The van der Waals surface area contributed by atoms with Crippen LogP contribution < -0.4 is 15.4 Å². The summed E-state index contributed by atoms with van der Waals surface area (Å²) in [6.07, 6.45) is 0. The number of halogens is 1. The van der Waals surface area contributed by atoms with Crippen LogP contribution >= 0.6 is 11.6 Å². The van der Waals surface area contributed by atoms with Crippen molar-refractivity contribution >= 4 is 33.3 Å². The quantitative estimate of drug-likeness (QED) is 0.618. The fourth-order valence-corrected chi connectivity index (χ4v) is 3.60. The van der Waals surface area contributed by atoms with Crippen molar-refractivity contribution in [2.45, 2.75) is 18.7 Å². The van der Waals surface area contributed by atoms with E-state index in [1.165, 1.54) is 6.07 Å². The summed E-state index contributed by atoms with van der Waals surface area (Å²) in [6.45, 7) is 5.12. The minimum atomic E-state index is -3.64. The first-order valence-corrected chi connectivity index (χ1v) is 9.36. The number of hydrogen-bond acceptors (Lipinski definition) is 6. The molecule has 9 heteroatoms. The summed E-state index contributed by atoms with van der Waals surface area (Å²) in [6, 6.07) is 8.10. The fourth-order valence-electron chi connectivity index (χ4n) is 2.05. The van der Waals surface area contributed by atoms with E-state index in [-0.39, 0.29) is 16.5 Å². The number of nitrogens with one attached hydrogen (secondary N) is 3. The van der Waals surface area contributed by atoms with Gasteiger partial charge in [0.25, 0.3) is 0 Å². The number of nitrogens with zero attached hydrogens (tertiary/aromatic N) is 2. The third-order valence-corrected chi connectivity index (χ3v) is 5.01. The smallest absolute Gasteiger partial charge is 0.242 e. The maximum atomic E-state index is 12.2. The van der Waals surface area contributed by atoms with Gasteiger partial charge in [0.15, 0.2) is 0 Å². The summed E-state index contributed by atoms with van der Waals surface area (Å²) < 4.78 is 26.9. The van der Waals surface area contributed by atoms with Gasteiger partial charge in [-0.3, -0.25) is 0 Å². The van der Waals surface area contributed by atoms with Gasteiger partial charge in [-0.15, -0.1) is 0 Å². The van der Waals surface area contributed by atoms with Crippen molar-refractivity contribution in [3.05, 3.63) is 41.2 Å². The predicted octanol–water partition coefficient (Wildman–Crippen LogP) is 2.26. The molecule has 0 aliphatic rings. The molecule has 1 aromatic heterocycles. The Morgan fingerprint density at radius 3 is 2.42 bits per heavy atom. The summed E-state index contributed by atoms with van der Waals surface area (Å²) in [4.78, 5) is 8.58. The summed E-state index contributed by atoms with van der Waals surface area (Å²) in [5.74, 6) is 1.99. The zero-order valence-corrected chi connectivity index (χ0v) is 15.1. The standard InChI is InChI=1S/C15H20ClN5O2S/c1-3-17-14-10-15(21-11(2)20-14)18-8-9-19-24(22,23)13-7-5-4-6-12(13)16/h4-7,10,19H,3,8-9H2,1-2H3,(H2,17,18,20,21). The van der Waals surface area contributed by atoms with Crippen molar-refractivity contribution in [3.8, 4) is 0 Å². The highest BCUT2D eigenvalue weighted by Gasteiger charge is 2.16. The molecule has 0 saturated heterocycles. The van der Waals surface area contributed by atoms with Gasteiger partial charge < -0.3 is 10.6 Å². The zero-order chi connectivity index (χ0) is 17.6. The average molecular weight is 370 g/mol. The van der Waals surface area contributed by atoms with Crippen LogP contribution in [-0.2, 0) is 10.0 Å². The van der Waals surface area contributed by atoms with Crippen LogP contribution in [0.1, 0.15) is 12.7 Å². The van der Waals surface area contributed by atoms with Crippen LogP contribution in [-0.4, -0.2) is 38.0 Å². The number of rotatable bonds is 8. The molecule has 0 fully saturated rings. The molecule has 2 aromatic rings. The lowest BCUT2D eigenvalue weighted by Crippen LogP contribution is -2.29. The van der Waals surface area contributed by atoms with Gasteiger partial charge in [-0.1, -0.05) is 23.7 Å². The van der Waals surface area contributed by atoms with Crippen LogP contribution in [0, 0.1) is 6.92 Å². The maximum Gasteiger partial charge on any atom is 0.242 e. The highest BCUT2D eigenvalue weighted by Crippen LogP contribution is 2.19. The molecule has 1 heterocycles. The fraction of sp³-hybridized carbons (Fsp3) is 0.333. The average Bonchev–Trinajstić information content (AvgIpc) is 2.52. The third kappa shape index (κ3) is 5.05. The van der Waals surface area contributed by atoms with Gasteiger partial charge in [-0.25, -0.2) is 23.1 Å². The molecule has 0 atom stereocenters. The minimum Gasteiger partial charge on any atom is -0.370 e. The van der Waals surface area contributed by atoms with Crippen molar-refractivity contribution in [1.29, 1.82) is 0 Å². The number of anilines is 2. The van der Waals surface area contributed by atoms with E-state index in [1.807, 2.05) is 6.92 Å². The zero-order valence-electron chi connectivity index (χ0n) is 13.5. The van der Waals surface area contributed by atoms with E-state index in [9.17, 15) is 8.42 Å². The molecular weight excluding hydrogens is 350 g/mol. The molecule has 24 heavy (non-hydrogen) atoms. The Labute approximate surface area is 146 Å². The lowest BCUT2D eigenvalue weighted by Gasteiger charge is -2.11. The van der Waals surface area contributed by atoms with Crippen LogP contribution in [0.15, 0.2) is 35.2 Å². The molecular formula is C15H20ClN5O2S. The molecule has 0 aliphatic carbocycles. The second-order valence-electron chi connectivity index (χ2n) is 4.97. The van der Waals surface area contributed by atoms with E-state index >= 15 is 0 Å². The van der Waals surface area contributed by atoms with Gasteiger partial charge in [0.2, 0.25) is 10.0 Å². The number of benzene rings is 1. The molecule has 130 valence electrons. The molecule has 0 radical (unpaired) electrons. The molecule has 0 unspecified atom stereocenters. The highest BCUT2D eigenvalue weighted by atomic mass is 35.5. The number of sulfonamides is 1. The van der Waals surface area contributed by atoms with Crippen LogP contribution in [0.25, 0.3) is 0 Å². The summed E-state index contributed by atoms with van der Waals surface area (Å²) in [5, 5.41) is 6.38. The molecule has 7 nitrogen and oxygen atoms in total. The van der Waals surface area contributed by atoms with E-state index in [2.05, 4.69) is 25.3 Å². The number of hydrogen-bond donors (Lipinski definition) is 3. The Hall–Kier alpha value is -1.90. The number of aromatic nitrogens is 2. The largest absolute Gasteiger partial charge is 0.370 e. The molecule has 0 aliphatic heterocycles. The van der Waals surface area contributed by atoms with Crippen LogP contribution in [0.2, 0.25) is 5.02 Å². The first kappa shape index (κ1) is 18.4. The predicted molar refractivity (Wildman–Crippen MR) is 96.1 cm³/mol. The van der Waals surface area contributed by atoms with Crippen molar-refractivity contribution in [1.82, 2.24) is 14.7 Å². The van der Waals surface area contributed by atoms with Gasteiger partial charge in [-0.05, 0) is 26.0 Å². The Balaban J connectivity index is 1.92. The summed E-state index contributed by atoms with van der Waals surface area (Å²) in [7, 11) is -3.64. The molecule has 2 rings (SSSR count). The monoisotopic (exact) mass is 369 g/mol. The van der Waals surface area contributed by atoms with E-state index < -0.39 is 10.0 Å². The lowest BCUT2D eigenvalue weighted by molar-refractivity contribution is 0.583. The van der Waals surface area contributed by atoms with E-state index in [1.54, 1.807) is 31.2 Å². The van der Waals surface area contributed by atoms with Gasteiger partial charge in [0.05, 0.1) is 5.02 Å². The van der Waals surface area contributed by atoms with Crippen molar-refractivity contribution in [2.75, 3.05) is 30.3 Å².